The molecular weight excluding hydrogens is 198 g/mol. The van der Waals surface area contributed by atoms with Crippen molar-refractivity contribution >= 4 is 11.3 Å². The summed E-state index contributed by atoms with van der Waals surface area (Å²) in [7, 11) is 0. The third-order valence-electron chi connectivity index (χ3n) is 1.93. The number of thiazole rings is 1. The summed E-state index contributed by atoms with van der Waals surface area (Å²) in [4.78, 5) is 5.45. The molecule has 0 unspecified atom stereocenters. The molecule has 4 nitrogen and oxygen atoms in total. The molecule has 1 N–H and O–H groups in total. The molecule has 0 atom stereocenters. The molecule has 2 aromatic rings. The lowest BCUT2D eigenvalue weighted by molar-refractivity contribution is 0.408. The van der Waals surface area contributed by atoms with Gasteiger partial charge in [0.05, 0.1) is 16.9 Å². The summed E-state index contributed by atoms with van der Waals surface area (Å²) in [5.74, 6) is 0. The maximum atomic E-state index is 4.73. The summed E-state index contributed by atoms with van der Waals surface area (Å²) in [6.07, 6.45) is 1.58. The first-order valence-electron chi connectivity index (χ1n) is 4.35. The third kappa shape index (κ3) is 2.18. The molecule has 0 spiro atoms. The van der Waals surface area contributed by atoms with E-state index in [-0.39, 0.29) is 0 Å². The van der Waals surface area contributed by atoms with Gasteiger partial charge < -0.3 is 9.84 Å². The van der Waals surface area contributed by atoms with E-state index >= 15 is 0 Å². The van der Waals surface area contributed by atoms with Crippen LogP contribution in [0.3, 0.4) is 0 Å². The smallest absolute Gasteiger partial charge is 0.124 e. The Labute approximate surface area is 86.0 Å². The van der Waals surface area contributed by atoms with Crippen molar-refractivity contribution in [2.75, 3.05) is 0 Å². The standard InChI is InChI=1S/C9H11N3OS/c1-7-9(14-6-11-7)5-10-4-8-2-3-13-12-8/h2-3,6,10H,4-5H2,1H3. The Morgan fingerprint density at radius 3 is 3.07 bits per heavy atom. The predicted octanol–water partition coefficient (Wildman–Crippen LogP) is 1.73. The minimum Gasteiger partial charge on any atom is -0.364 e. The first-order chi connectivity index (χ1) is 6.86. The van der Waals surface area contributed by atoms with Crippen LogP contribution in [-0.4, -0.2) is 10.1 Å². The van der Waals surface area contributed by atoms with Gasteiger partial charge in [0.25, 0.3) is 0 Å². The Hall–Kier alpha value is -1.20. The van der Waals surface area contributed by atoms with Crippen LogP contribution in [-0.2, 0) is 13.1 Å². The average Bonchev–Trinajstić information content (AvgIpc) is 2.78. The van der Waals surface area contributed by atoms with Gasteiger partial charge in [-0.25, -0.2) is 4.98 Å². The number of aryl methyl sites for hydroxylation is 1. The van der Waals surface area contributed by atoms with Crippen molar-refractivity contribution in [1.29, 1.82) is 0 Å². The Kier molecular flexibility index (Phi) is 2.90. The van der Waals surface area contributed by atoms with Gasteiger partial charge >= 0.3 is 0 Å². The molecule has 0 fully saturated rings. The van der Waals surface area contributed by atoms with Gasteiger partial charge in [-0.3, -0.25) is 0 Å². The highest BCUT2D eigenvalue weighted by Gasteiger charge is 2.01. The van der Waals surface area contributed by atoms with Crippen LogP contribution < -0.4 is 5.32 Å². The van der Waals surface area contributed by atoms with Crippen LogP contribution in [0.1, 0.15) is 16.3 Å². The van der Waals surface area contributed by atoms with Gasteiger partial charge in [-0.15, -0.1) is 11.3 Å². The predicted molar refractivity (Wildman–Crippen MR) is 53.9 cm³/mol. The van der Waals surface area contributed by atoms with Gasteiger partial charge in [0.2, 0.25) is 0 Å². The molecule has 2 heterocycles. The van der Waals surface area contributed by atoms with E-state index in [0.29, 0.717) is 0 Å². The van der Waals surface area contributed by atoms with E-state index in [0.717, 1.165) is 24.5 Å². The number of nitrogens with zero attached hydrogens (tertiary/aromatic N) is 2. The molecule has 0 amide bonds. The highest BCUT2D eigenvalue weighted by molar-refractivity contribution is 7.09. The molecular formula is C9H11N3OS. The molecule has 0 aliphatic carbocycles. The summed E-state index contributed by atoms with van der Waals surface area (Å²) in [5.41, 5.74) is 3.89. The second kappa shape index (κ2) is 4.34. The van der Waals surface area contributed by atoms with Gasteiger partial charge in [0.15, 0.2) is 0 Å². The zero-order valence-corrected chi connectivity index (χ0v) is 8.67. The first-order valence-corrected chi connectivity index (χ1v) is 5.23. The molecule has 0 radical (unpaired) electrons. The summed E-state index contributed by atoms with van der Waals surface area (Å²) in [5, 5.41) is 7.09. The molecule has 5 heteroatoms. The second-order valence-electron chi connectivity index (χ2n) is 2.96. The fourth-order valence-corrected chi connectivity index (χ4v) is 1.88. The van der Waals surface area contributed by atoms with Crippen LogP contribution in [0.25, 0.3) is 0 Å². The van der Waals surface area contributed by atoms with Gasteiger partial charge in [-0.05, 0) is 6.92 Å². The summed E-state index contributed by atoms with van der Waals surface area (Å²) < 4.78 is 4.73. The summed E-state index contributed by atoms with van der Waals surface area (Å²) in [6.45, 7) is 3.58. The lowest BCUT2D eigenvalue weighted by Gasteiger charge is -1.99. The first kappa shape index (κ1) is 9.36. The van der Waals surface area contributed by atoms with Crippen LogP contribution in [0.2, 0.25) is 0 Å². The number of aromatic nitrogens is 2. The van der Waals surface area contributed by atoms with E-state index < -0.39 is 0 Å². The largest absolute Gasteiger partial charge is 0.364 e. The Balaban J connectivity index is 1.81. The molecule has 0 aromatic carbocycles. The quantitative estimate of drug-likeness (QED) is 0.833. The van der Waals surface area contributed by atoms with Crippen molar-refractivity contribution in [3.63, 3.8) is 0 Å². The normalized spacial score (nSPS) is 10.6. The van der Waals surface area contributed by atoms with Crippen molar-refractivity contribution in [2.45, 2.75) is 20.0 Å². The second-order valence-corrected chi connectivity index (χ2v) is 3.89. The number of rotatable bonds is 4. The Morgan fingerprint density at radius 1 is 1.50 bits per heavy atom. The van der Waals surface area contributed by atoms with E-state index in [1.807, 2.05) is 18.5 Å². The highest BCUT2D eigenvalue weighted by Crippen LogP contribution is 2.11. The van der Waals surface area contributed by atoms with Crippen molar-refractivity contribution in [2.24, 2.45) is 0 Å². The van der Waals surface area contributed by atoms with Gasteiger partial charge in [-0.1, -0.05) is 5.16 Å². The van der Waals surface area contributed by atoms with Crippen molar-refractivity contribution < 1.29 is 4.52 Å². The molecule has 14 heavy (non-hydrogen) atoms. The minimum atomic E-state index is 0.730. The molecule has 0 saturated heterocycles. The highest BCUT2D eigenvalue weighted by atomic mass is 32.1. The fourth-order valence-electron chi connectivity index (χ4n) is 1.13. The molecule has 0 aliphatic rings. The third-order valence-corrected chi connectivity index (χ3v) is 2.86. The SMILES string of the molecule is Cc1ncsc1CNCc1ccon1. The van der Waals surface area contributed by atoms with Crippen molar-refractivity contribution in [3.8, 4) is 0 Å². The van der Waals surface area contributed by atoms with Crippen molar-refractivity contribution in [1.82, 2.24) is 15.5 Å². The zero-order chi connectivity index (χ0) is 9.80. The maximum absolute atomic E-state index is 4.73. The summed E-state index contributed by atoms with van der Waals surface area (Å²) in [6, 6.07) is 1.85. The Morgan fingerprint density at radius 2 is 2.43 bits per heavy atom. The molecule has 2 rings (SSSR count). The fraction of sp³-hybridized carbons (Fsp3) is 0.333. The monoisotopic (exact) mass is 209 g/mol. The van der Waals surface area contributed by atoms with Crippen LogP contribution in [0.4, 0.5) is 0 Å². The topological polar surface area (TPSA) is 51.0 Å². The van der Waals surface area contributed by atoms with Crippen LogP contribution in [0.15, 0.2) is 22.4 Å². The number of nitrogens with one attached hydrogen (secondary N) is 1. The zero-order valence-electron chi connectivity index (χ0n) is 7.86. The molecule has 74 valence electrons. The minimum absolute atomic E-state index is 0.730. The van der Waals surface area contributed by atoms with E-state index in [2.05, 4.69) is 15.5 Å². The number of hydrogen-bond acceptors (Lipinski definition) is 5. The van der Waals surface area contributed by atoms with E-state index in [4.69, 9.17) is 4.52 Å². The van der Waals surface area contributed by atoms with E-state index in [1.54, 1.807) is 17.6 Å². The number of hydrogen-bond donors (Lipinski definition) is 1. The van der Waals surface area contributed by atoms with Gasteiger partial charge in [0, 0.05) is 24.0 Å². The molecule has 2 aromatic heterocycles. The summed E-state index contributed by atoms with van der Waals surface area (Å²) >= 11 is 1.67. The van der Waals surface area contributed by atoms with Crippen LogP contribution in [0, 0.1) is 6.92 Å². The van der Waals surface area contributed by atoms with Crippen LogP contribution in [0.5, 0.6) is 0 Å². The van der Waals surface area contributed by atoms with E-state index in [1.165, 1.54) is 4.88 Å². The molecule has 0 bridgehead atoms. The van der Waals surface area contributed by atoms with Gasteiger partial charge in [-0.2, -0.15) is 0 Å². The van der Waals surface area contributed by atoms with E-state index in [9.17, 15) is 0 Å². The lowest BCUT2D eigenvalue weighted by atomic mass is 10.4. The average molecular weight is 209 g/mol. The maximum Gasteiger partial charge on any atom is 0.124 e. The molecule has 0 saturated carbocycles. The van der Waals surface area contributed by atoms with Crippen LogP contribution >= 0.6 is 11.3 Å². The molecule has 0 aliphatic heterocycles. The Bertz CT molecular complexity index is 382. The van der Waals surface area contributed by atoms with Crippen molar-refractivity contribution in [3.05, 3.63) is 34.1 Å². The van der Waals surface area contributed by atoms with Gasteiger partial charge in [0.1, 0.15) is 6.26 Å². The lowest BCUT2D eigenvalue weighted by Crippen LogP contribution is -2.12.